The molecule has 2 heterocycles. The van der Waals surface area contributed by atoms with Crippen LogP contribution in [0.25, 0.3) is 11.0 Å². The highest BCUT2D eigenvalue weighted by Crippen LogP contribution is 2.39. The van der Waals surface area contributed by atoms with Gasteiger partial charge in [-0.1, -0.05) is 29.8 Å². The Morgan fingerprint density at radius 2 is 1.97 bits per heavy atom. The zero-order valence-electron chi connectivity index (χ0n) is 18.8. The number of ether oxygens (including phenoxy) is 3. The molecule has 0 fully saturated rings. The first-order valence-corrected chi connectivity index (χ1v) is 10.8. The van der Waals surface area contributed by atoms with Crippen LogP contribution in [0.15, 0.2) is 46.9 Å². The number of methoxy groups -OCH3 is 2. The van der Waals surface area contributed by atoms with Crippen LogP contribution in [0.4, 0.5) is 0 Å². The average Bonchev–Trinajstić information content (AvgIpc) is 3.16. The molecule has 10 heteroatoms. The molecule has 0 saturated carbocycles. The van der Waals surface area contributed by atoms with Crippen molar-refractivity contribution in [2.45, 2.75) is 19.0 Å². The van der Waals surface area contributed by atoms with E-state index in [4.69, 9.17) is 30.2 Å². The van der Waals surface area contributed by atoms with E-state index in [2.05, 4.69) is 5.32 Å². The number of nitrogens with zero attached hydrogens (tertiary/aromatic N) is 1. The molecular formula is C24H23ClN2O7. The van der Waals surface area contributed by atoms with Crippen LogP contribution in [0.5, 0.6) is 11.5 Å². The summed E-state index contributed by atoms with van der Waals surface area (Å²) in [6.07, 6.45) is 0. The largest absolute Gasteiger partial charge is 0.496 e. The van der Waals surface area contributed by atoms with E-state index in [0.717, 1.165) is 10.5 Å². The van der Waals surface area contributed by atoms with E-state index in [9.17, 15) is 14.4 Å². The Morgan fingerprint density at radius 3 is 2.71 bits per heavy atom. The van der Waals surface area contributed by atoms with Gasteiger partial charge in [-0.15, -0.1) is 0 Å². The Morgan fingerprint density at radius 1 is 1.21 bits per heavy atom. The Hall–Kier alpha value is -3.72. The quantitative estimate of drug-likeness (QED) is 0.533. The minimum Gasteiger partial charge on any atom is -0.496 e. The fraction of sp³-hybridized carbons (Fsp3) is 0.292. The number of halogens is 1. The number of hydrogen-bond donors (Lipinski definition) is 1. The van der Waals surface area contributed by atoms with Crippen LogP contribution in [-0.4, -0.2) is 55.6 Å². The molecule has 1 N–H and O–H groups in total. The lowest BCUT2D eigenvalue weighted by Crippen LogP contribution is -2.62. The zero-order valence-corrected chi connectivity index (χ0v) is 19.6. The Balaban J connectivity index is 1.69. The van der Waals surface area contributed by atoms with E-state index in [1.807, 2.05) is 18.2 Å². The minimum atomic E-state index is -1.56. The summed E-state index contributed by atoms with van der Waals surface area (Å²) in [4.78, 5) is 40.3. The molecule has 0 saturated heterocycles. The van der Waals surface area contributed by atoms with Crippen molar-refractivity contribution in [3.63, 3.8) is 0 Å². The standard InChI is InChI=1S/C24H23ClN2O7/c1-24(23(30)26-11-14-6-4-5-7-17(14)31-2)13-33-20-16-10-15(25)8-9-18(16)34-21(20)22(29)27(24)12-19(28)32-3/h4-10H,11-13H2,1-3H3,(H,26,30). The Labute approximate surface area is 200 Å². The van der Waals surface area contributed by atoms with Crippen LogP contribution in [-0.2, 0) is 20.9 Å². The van der Waals surface area contributed by atoms with Gasteiger partial charge in [-0.2, -0.15) is 0 Å². The molecule has 178 valence electrons. The summed E-state index contributed by atoms with van der Waals surface area (Å²) in [6, 6.07) is 12.1. The third-order valence-corrected chi connectivity index (χ3v) is 6.01. The number of para-hydroxylation sites is 1. The fourth-order valence-electron chi connectivity index (χ4n) is 3.81. The van der Waals surface area contributed by atoms with Crippen molar-refractivity contribution in [1.82, 2.24) is 10.2 Å². The van der Waals surface area contributed by atoms with Crippen molar-refractivity contribution >= 4 is 40.4 Å². The molecule has 3 aromatic rings. The number of esters is 1. The first-order valence-electron chi connectivity index (χ1n) is 10.4. The molecule has 1 aromatic heterocycles. The van der Waals surface area contributed by atoms with Gasteiger partial charge in [-0.25, -0.2) is 0 Å². The van der Waals surface area contributed by atoms with Crippen LogP contribution in [0, 0.1) is 0 Å². The Kier molecular flexibility index (Phi) is 6.39. The number of carbonyl (C=O) groups is 3. The minimum absolute atomic E-state index is 0.123. The molecule has 1 aliphatic heterocycles. The van der Waals surface area contributed by atoms with Gasteiger partial charge >= 0.3 is 5.97 Å². The maximum atomic E-state index is 13.5. The fourth-order valence-corrected chi connectivity index (χ4v) is 3.98. The van der Waals surface area contributed by atoms with Gasteiger partial charge in [0.05, 0.1) is 19.6 Å². The molecule has 1 atom stereocenters. The predicted octanol–water partition coefficient (Wildman–Crippen LogP) is 3.18. The monoisotopic (exact) mass is 486 g/mol. The maximum absolute atomic E-state index is 13.5. The van der Waals surface area contributed by atoms with E-state index in [1.165, 1.54) is 21.1 Å². The lowest BCUT2D eigenvalue weighted by Gasteiger charge is -2.36. The maximum Gasteiger partial charge on any atom is 0.325 e. The number of hydrogen-bond acceptors (Lipinski definition) is 7. The SMILES string of the molecule is COC(=O)CN1C(=O)c2oc3ccc(Cl)cc3c2OCC1(C)C(=O)NCc1ccccc1OC. The van der Waals surface area contributed by atoms with Crippen molar-refractivity contribution < 1.29 is 33.0 Å². The van der Waals surface area contributed by atoms with Gasteiger partial charge < -0.3 is 28.8 Å². The molecular weight excluding hydrogens is 464 g/mol. The second-order valence-corrected chi connectivity index (χ2v) is 8.36. The topological polar surface area (TPSA) is 107 Å². The van der Waals surface area contributed by atoms with Crippen LogP contribution < -0.4 is 14.8 Å². The van der Waals surface area contributed by atoms with E-state index in [-0.39, 0.29) is 24.7 Å². The molecule has 0 aliphatic carbocycles. The van der Waals surface area contributed by atoms with Crippen LogP contribution in [0.2, 0.25) is 5.02 Å². The van der Waals surface area contributed by atoms with E-state index >= 15 is 0 Å². The second-order valence-electron chi connectivity index (χ2n) is 7.93. The van der Waals surface area contributed by atoms with Gasteiger partial charge in [0, 0.05) is 17.1 Å². The molecule has 1 unspecified atom stereocenters. The predicted molar refractivity (Wildman–Crippen MR) is 123 cm³/mol. The molecule has 2 aromatic carbocycles. The number of amides is 2. The number of fused-ring (bicyclic) bond motifs is 3. The molecule has 2 amide bonds. The summed E-state index contributed by atoms with van der Waals surface area (Å²) in [5, 5.41) is 3.75. The summed E-state index contributed by atoms with van der Waals surface area (Å²) in [6.45, 7) is 0.948. The normalized spacial score (nSPS) is 17.5. The first kappa shape index (κ1) is 23.4. The van der Waals surface area contributed by atoms with E-state index < -0.39 is 29.9 Å². The third kappa shape index (κ3) is 4.14. The van der Waals surface area contributed by atoms with E-state index in [1.54, 1.807) is 24.3 Å². The van der Waals surface area contributed by atoms with E-state index in [0.29, 0.717) is 21.7 Å². The Bertz CT molecular complexity index is 1270. The van der Waals surface area contributed by atoms with Gasteiger partial charge in [0.1, 0.15) is 24.5 Å². The highest BCUT2D eigenvalue weighted by atomic mass is 35.5. The molecule has 34 heavy (non-hydrogen) atoms. The van der Waals surface area contributed by atoms with Gasteiger partial charge in [-0.3, -0.25) is 14.4 Å². The number of benzene rings is 2. The number of furan rings is 1. The van der Waals surface area contributed by atoms with Gasteiger partial charge in [0.2, 0.25) is 11.7 Å². The lowest BCUT2D eigenvalue weighted by atomic mass is 9.99. The van der Waals surface area contributed by atoms with Crippen molar-refractivity contribution in [3.05, 3.63) is 58.8 Å². The summed E-state index contributed by atoms with van der Waals surface area (Å²) in [5.74, 6) is -1.25. The third-order valence-electron chi connectivity index (χ3n) is 5.77. The van der Waals surface area contributed by atoms with Crippen LogP contribution >= 0.6 is 11.6 Å². The second kappa shape index (κ2) is 9.26. The molecule has 0 spiro atoms. The summed E-state index contributed by atoms with van der Waals surface area (Å²) < 4.78 is 21.8. The van der Waals surface area contributed by atoms with Crippen molar-refractivity contribution in [1.29, 1.82) is 0 Å². The summed E-state index contributed by atoms with van der Waals surface area (Å²) in [7, 11) is 2.74. The summed E-state index contributed by atoms with van der Waals surface area (Å²) in [5.41, 5.74) is -0.417. The van der Waals surface area contributed by atoms with Crippen LogP contribution in [0.1, 0.15) is 23.0 Å². The molecule has 1 aliphatic rings. The smallest absolute Gasteiger partial charge is 0.325 e. The number of rotatable bonds is 6. The van der Waals surface area contributed by atoms with Crippen molar-refractivity contribution in [2.24, 2.45) is 0 Å². The van der Waals surface area contributed by atoms with Gasteiger partial charge in [-0.05, 0) is 31.2 Å². The number of carbonyl (C=O) groups excluding carboxylic acids is 3. The zero-order chi connectivity index (χ0) is 24.5. The van der Waals surface area contributed by atoms with Crippen molar-refractivity contribution in [3.8, 4) is 11.5 Å². The van der Waals surface area contributed by atoms with Crippen LogP contribution in [0.3, 0.4) is 0 Å². The highest BCUT2D eigenvalue weighted by Gasteiger charge is 2.48. The molecule has 9 nitrogen and oxygen atoms in total. The average molecular weight is 487 g/mol. The highest BCUT2D eigenvalue weighted by molar-refractivity contribution is 6.31. The lowest BCUT2D eigenvalue weighted by molar-refractivity contribution is -0.145. The molecule has 0 bridgehead atoms. The first-order chi connectivity index (χ1) is 16.3. The van der Waals surface area contributed by atoms with Gasteiger partial charge in [0.25, 0.3) is 5.91 Å². The molecule has 0 radical (unpaired) electrons. The number of nitrogens with one attached hydrogen (secondary N) is 1. The van der Waals surface area contributed by atoms with Crippen molar-refractivity contribution in [2.75, 3.05) is 27.4 Å². The van der Waals surface area contributed by atoms with Gasteiger partial charge in [0.15, 0.2) is 11.3 Å². The summed E-state index contributed by atoms with van der Waals surface area (Å²) >= 11 is 6.11. The molecule has 4 rings (SSSR count).